The molecule has 2 aromatic heterocycles. The van der Waals surface area contributed by atoms with Crippen molar-refractivity contribution >= 4 is 34.4 Å². The van der Waals surface area contributed by atoms with Gasteiger partial charge in [0.25, 0.3) is 0 Å². The van der Waals surface area contributed by atoms with E-state index >= 15 is 4.39 Å². The van der Waals surface area contributed by atoms with E-state index in [0.29, 0.717) is 36.8 Å². The minimum Gasteiger partial charge on any atom is -0.463 e. The first-order valence-electron chi connectivity index (χ1n) is 14.8. The van der Waals surface area contributed by atoms with Crippen molar-refractivity contribution in [3.63, 3.8) is 0 Å². The van der Waals surface area contributed by atoms with Gasteiger partial charge in [-0.3, -0.25) is 4.90 Å². The molecule has 2 bridgehead atoms. The number of pyridine rings is 1. The molecule has 3 aliphatic heterocycles. The van der Waals surface area contributed by atoms with Crippen LogP contribution in [0.4, 0.5) is 15.0 Å². The highest BCUT2D eigenvalue weighted by Gasteiger charge is 2.46. The molecule has 0 spiro atoms. The maximum Gasteiger partial charge on any atom is 0.410 e. The smallest absolute Gasteiger partial charge is 0.410 e. The Morgan fingerprint density at radius 2 is 1.83 bits per heavy atom. The van der Waals surface area contributed by atoms with Gasteiger partial charge in [-0.15, -0.1) is 0 Å². The number of aliphatic hydroxyl groups is 1. The number of nitrogens with zero attached hydrogens (tertiary/aromatic N) is 6. The molecule has 1 saturated carbocycles. The van der Waals surface area contributed by atoms with Crippen molar-refractivity contribution in [1.82, 2.24) is 24.8 Å². The molecular weight excluding hydrogens is 551 g/mol. The molecule has 0 aromatic carbocycles. The van der Waals surface area contributed by atoms with Crippen LogP contribution in [0.2, 0.25) is 5.15 Å². The molecule has 41 heavy (non-hydrogen) atoms. The molecule has 2 atom stereocenters. The van der Waals surface area contributed by atoms with Crippen LogP contribution in [0, 0.1) is 17.2 Å². The lowest BCUT2D eigenvalue weighted by Gasteiger charge is -2.42. The van der Waals surface area contributed by atoms with Crippen LogP contribution in [-0.4, -0.2) is 99.6 Å². The number of hydrogen-bond acceptors (Lipinski definition) is 9. The Hall–Kier alpha value is -2.50. The second kappa shape index (κ2) is 11.0. The maximum absolute atomic E-state index is 15.2. The molecule has 4 aliphatic rings. The largest absolute Gasteiger partial charge is 0.463 e. The number of carbonyl (C=O) groups is 1. The standard InChI is InChI=1S/C29H40ClFN6O4/c1-28(2,3)41-27(39)37-19-4-5-20(37)14-36(13-19)25-21-12-32-24(30)22(31)23(21)33-26(34-25)40-17-29(8-9-29)16-35-10-6-18(15-38)7-11-35/h12,18-20,38H,4-11,13-17H2,1-3H3. The van der Waals surface area contributed by atoms with E-state index in [1.54, 1.807) is 0 Å². The lowest BCUT2D eigenvalue weighted by Crippen LogP contribution is -2.57. The number of likely N-dealkylation sites (tertiary alicyclic amines) is 1. The average Bonchev–Trinajstić information content (AvgIpc) is 3.64. The molecular formula is C29H40ClFN6O4. The summed E-state index contributed by atoms with van der Waals surface area (Å²) in [6, 6.07) is 0.0569. The number of hydrogen-bond donors (Lipinski definition) is 1. The molecule has 1 amide bonds. The predicted molar refractivity (Wildman–Crippen MR) is 153 cm³/mol. The third-order valence-electron chi connectivity index (χ3n) is 8.98. The highest BCUT2D eigenvalue weighted by atomic mass is 35.5. The van der Waals surface area contributed by atoms with Crippen LogP contribution in [0.25, 0.3) is 10.9 Å². The van der Waals surface area contributed by atoms with E-state index < -0.39 is 11.4 Å². The zero-order chi connectivity index (χ0) is 28.9. The van der Waals surface area contributed by atoms with Crippen molar-refractivity contribution in [3.8, 4) is 6.01 Å². The fourth-order valence-corrected chi connectivity index (χ4v) is 6.68. The van der Waals surface area contributed by atoms with Gasteiger partial charge in [0, 0.05) is 37.9 Å². The van der Waals surface area contributed by atoms with Gasteiger partial charge in [0.1, 0.15) is 16.9 Å². The normalized spacial score (nSPS) is 24.6. The van der Waals surface area contributed by atoms with Gasteiger partial charge >= 0.3 is 12.1 Å². The molecule has 2 aromatic rings. The zero-order valence-corrected chi connectivity index (χ0v) is 24.9. The van der Waals surface area contributed by atoms with Gasteiger partial charge in [-0.25, -0.2) is 14.2 Å². The van der Waals surface area contributed by atoms with Gasteiger partial charge in [0.05, 0.1) is 24.1 Å². The summed E-state index contributed by atoms with van der Waals surface area (Å²) in [5.41, 5.74) is -0.445. The third-order valence-corrected chi connectivity index (χ3v) is 9.24. The molecule has 6 rings (SSSR count). The SMILES string of the molecule is CC(C)(C)OC(=O)N1C2CCC1CN(c1nc(OCC3(CN4CCC(CO)CC4)CC3)nc3c(F)c(Cl)ncc13)C2. The Balaban J connectivity index is 1.21. The Morgan fingerprint density at radius 1 is 1.15 bits per heavy atom. The van der Waals surface area contributed by atoms with E-state index in [9.17, 15) is 9.90 Å². The lowest BCUT2D eigenvalue weighted by atomic mass is 9.96. The van der Waals surface area contributed by atoms with Gasteiger partial charge in [-0.2, -0.15) is 9.97 Å². The van der Waals surface area contributed by atoms with Crippen molar-refractivity contribution in [1.29, 1.82) is 0 Å². The van der Waals surface area contributed by atoms with Crippen LogP contribution in [-0.2, 0) is 4.74 Å². The molecule has 5 heterocycles. The van der Waals surface area contributed by atoms with Crippen LogP contribution in [0.1, 0.15) is 59.3 Å². The molecule has 3 saturated heterocycles. The van der Waals surface area contributed by atoms with E-state index in [1.165, 1.54) is 6.20 Å². The van der Waals surface area contributed by atoms with Crippen molar-refractivity contribution in [2.24, 2.45) is 11.3 Å². The van der Waals surface area contributed by atoms with Crippen molar-refractivity contribution in [2.75, 3.05) is 50.8 Å². The number of aromatic nitrogens is 3. The molecule has 10 nitrogen and oxygen atoms in total. The van der Waals surface area contributed by atoms with Crippen LogP contribution < -0.4 is 9.64 Å². The van der Waals surface area contributed by atoms with Gasteiger partial charge in [0.2, 0.25) is 0 Å². The van der Waals surface area contributed by atoms with E-state index in [1.807, 2.05) is 25.7 Å². The summed E-state index contributed by atoms with van der Waals surface area (Å²) in [6.45, 7) is 10.3. The van der Waals surface area contributed by atoms with E-state index in [2.05, 4.69) is 19.8 Å². The van der Waals surface area contributed by atoms with Crippen LogP contribution in [0.3, 0.4) is 0 Å². The zero-order valence-electron chi connectivity index (χ0n) is 24.1. The van der Waals surface area contributed by atoms with Gasteiger partial charge in [0.15, 0.2) is 11.0 Å². The Kier molecular flexibility index (Phi) is 7.65. The average molecular weight is 591 g/mol. The summed E-state index contributed by atoms with van der Waals surface area (Å²) < 4.78 is 27.1. The Labute approximate surface area is 245 Å². The quantitative estimate of drug-likeness (QED) is 0.473. The van der Waals surface area contributed by atoms with E-state index in [4.69, 9.17) is 26.1 Å². The predicted octanol–water partition coefficient (Wildman–Crippen LogP) is 4.27. The fourth-order valence-electron chi connectivity index (χ4n) is 6.54. The lowest BCUT2D eigenvalue weighted by molar-refractivity contribution is 0.0122. The summed E-state index contributed by atoms with van der Waals surface area (Å²) >= 11 is 6.05. The number of amides is 1. The minimum atomic E-state index is -0.694. The number of ether oxygens (including phenoxy) is 2. The number of piperidine rings is 1. The van der Waals surface area contributed by atoms with E-state index in [0.717, 1.165) is 58.2 Å². The summed E-state index contributed by atoms with van der Waals surface area (Å²) in [7, 11) is 0. The molecule has 4 fully saturated rings. The number of carbonyl (C=O) groups excluding carboxylic acids is 1. The topological polar surface area (TPSA) is 104 Å². The van der Waals surface area contributed by atoms with Crippen LogP contribution in [0.15, 0.2) is 6.20 Å². The first kappa shape index (κ1) is 28.6. The number of fused-ring (bicyclic) bond motifs is 3. The molecule has 0 radical (unpaired) electrons. The summed E-state index contributed by atoms with van der Waals surface area (Å²) in [5.74, 6) is 0.255. The van der Waals surface area contributed by atoms with Crippen molar-refractivity contribution in [3.05, 3.63) is 17.2 Å². The van der Waals surface area contributed by atoms with Gasteiger partial charge < -0.3 is 24.4 Å². The highest BCUT2D eigenvalue weighted by molar-refractivity contribution is 6.30. The molecule has 12 heteroatoms. The second-order valence-electron chi connectivity index (χ2n) is 13.3. The van der Waals surface area contributed by atoms with Crippen molar-refractivity contribution in [2.45, 2.75) is 77.0 Å². The molecule has 1 aliphatic carbocycles. The van der Waals surface area contributed by atoms with Gasteiger partial charge in [-0.1, -0.05) is 11.6 Å². The molecule has 1 N–H and O–H groups in total. The minimum absolute atomic E-state index is 0.0344. The number of anilines is 1. The van der Waals surface area contributed by atoms with Crippen LogP contribution in [0.5, 0.6) is 6.01 Å². The first-order chi connectivity index (χ1) is 19.5. The summed E-state index contributed by atoms with van der Waals surface area (Å²) in [4.78, 5) is 32.7. The van der Waals surface area contributed by atoms with E-state index in [-0.39, 0.29) is 46.9 Å². The Morgan fingerprint density at radius 3 is 2.44 bits per heavy atom. The third kappa shape index (κ3) is 6.03. The Bertz CT molecular complexity index is 1280. The van der Waals surface area contributed by atoms with Crippen LogP contribution >= 0.6 is 11.6 Å². The summed E-state index contributed by atoms with van der Waals surface area (Å²) in [5, 5.41) is 9.68. The molecule has 224 valence electrons. The number of aliphatic hydroxyl groups excluding tert-OH is 1. The number of piperazine rings is 1. The number of rotatable bonds is 7. The summed E-state index contributed by atoms with van der Waals surface area (Å²) in [6.07, 6.45) is 7.11. The fraction of sp³-hybridized carbons (Fsp3) is 0.724. The van der Waals surface area contributed by atoms with Crippen molar-refractivity contribution < 1.29 is 23.8 Å². The molecule has 2 unspecified atom stereocenters. The monoisotopic (exact) mass is 590 g/mol. The number of halogens is 2. The maximum atomic E-state index is 15.2. The van der Waals surface area contributed by atoms with Gasteiger partial charge in [-0.05, 0) is 78.3 Å². The first-order valence-corrected chi connectivity index (χ1v) is 15.2. The highest BCUT2D eigenvalue weighted by Crippen LogP contribution is 2.47. The second-order valence-corrected chi connectivity index (χ2v) is 13.7.